The third kappa shape index (κ3) is 4.47. The van der Waals surface area contributed by atoms with Crippen LogP contribution in [0, 0.1) is 13.8 Å². The molecule has 0 spiro atoms. The van der Waals surface area contributed by atoms with Crippen LogP contribution in [0.15, 0.2) is 52.7 Å². The Morgan fingerprint density at radius 1 is 1.06 bits per heavy atom. The van der Waals surface area contributed by atoms with Crippen LogP contribution in [0.1, 0.15) is 35.5 Å². The first-order chi connectivity index (χ1) is 15.9. The molecular formula is C25H28N4O4. The van der Waals surface area contributed by atoms with E-state index in [0.29, 0.717) is 24.9 Å². The predicted octanol–water partition coefficient (Wildman–Crippen LogP) is 4.51. The summed E-state index contributed by atoms with van der Waals surface area (Å²) in [6.07, 6.45) is 0. The zero-order chi connectivity index (χ0) is 23.5. The maximum absolute atomic E-state index is 13.0. The zero-order valence-electron chi connectivity index (χ0n) is 19.5. The number of methoxy groups -OCH3 is 2. The second-order valence-corrected chi connectivity index (χ2v) is 8.02. The standard InChI is InChI=1S/C25H28N4O4/c1-15-6-7-19(14-16(15)2)22-21(17(3)29(12-13-31-4)25(30)26-22)24-27-23(28-33-24)18-8-10-20(32-5)11-9-18/h6-11,14,22H,12-13H2,1-5H3,(H,26,30). The summed E-state index contributed by atoms with van der Waals surface area (Å²) in [5.74, 6) is 1.58. The number of rotatable bonds is 7. The first kappa shape index (κ1) is 22.5. The molecule has 2 aromatic carbocycles. The van der Waals surface area contributed by atoms with Crippen LogP contribution in [0.4, 0.5) is 4.79 Å². The van der Waals surface area contributed by atoms with Gasteiger partial charge in [-0.3, -0.25) is 4.90 Å². The lowest BCUT2D eigenvalue weighted by Gasteiger charge is -2.35. The predicted molar refractivity (Wildman–Crippen MR) is 125 cm³/mol. The van der Waals surface area contributed by atoms with Crippen molar-refractivity contribution in [2.24, 2.45) is 0 Å². The molecule has 0 radical (unpaired) electrons. The summed E-state index contributed by atoms with van der Waals surface area (Å²) < 4.78 is 16.1. The number of benzene rings is 2. The fraction of sp³-hybridized carbons (Fsp3) is 0.320. The maximum atomic E-state index is 13.0. The van der Waals surface area contributed by atoms with Crippen LogP contribution in [0.2, 0.25) is 0 Å². The Morgan fingerprint density at radius 2 is 1.82 bits per heavy atom. The average molecular weight is 449 g/mol. The molecule has 8 heteroatoms. The van der Waals surface area contributed by atoms with Crippen molar-refractivity contribution in [2.45, 2.75) is 26.8 Å². The van der Waals surface area contributed by atoms with Gasteiger partial charge in [0.15, 0.2) is 0 Å². The molecule has 0 saturated heterocycles. The van der Waals surface area contributed by atoms with Gasteiger partial charge >= 0.3 is 6.03 Å². The fourth-order valence-corrected chi connectivity index (χ4v) is 3.89. The molecule has 172 valence electrons. The van der Waals surface area contributed by atoms with Gasteiger partial charge in [0.1, 0.15) is 5.75 Å². The number of nitrogens with zero attached hydrogens (tertiary/aromatic N) is 3. The third-order valence-corrected chi connectivity index (χ3v) is 5.98. The number of ether oxygens (including phenoxy) is 2. The van der Waals surface area contributed by atoms with Gasteiger partial charge in [-0.15, -0.1) is 0 Å². The number of aromatic nitrogens is 2. The number of carbonyl (C=O) groups excluding carboxylic acids is 1. The Kier molecular flexibility index (Phi) is 6.46. The summed E-state index contributed by atoms with van der Waals surface area (Å²) in [5, 5.41) is 7.31. The lowest BCUT2D eigenvalue weighted by atomic mass is 9.92. The van der Waals surface area contributed by atoms with Gasteiger partial charge in [0.05, 0.1) is 31.9 Å². The van der Waals surface area contributed by atoms with Crippen molar-refractivity contribution in [2.75, 3.05) is 27.4 Å². The van der Waals surface area contributed by atoms with Gasteiger partial charge in [-0.2, -0.15) is 4.98 Å². The lowest BCUT2D eigenvalue weighted by molar-refractivity contribution is 0.158. The second-order valence-electron chi connectivity index (χ2n) is 8.02. The molecule has 4 rings (SSSR count). The molecule has 0 aliphatic carbocycles. The summed E-state index contributed by atoms with van der Waals surface area (Å²) in [6.45, 7) is 6.84. The van der Waals surface area contributed by atoms with Gasteiger partial charge < -0.3 is 19.3 Å². The second kappa shape index (κ2) is 9.46. The average Bonchev–Trinajstić information content (AvgIpc) is 3.30. The summed E-state index contributed by atoms with van der Waals surface area (Å²) in [6, 6.07) is 13.0. The Hall–Kier alpha value is -3.65. The SMILES string of the molecule is COCCN1C(=O)NC(c2ccc(C)c(C)c2)C(c2nc(-c3ccc(OC)cc3)no2)=C1C. The van der Waals surface area contributed by atoms with Crippen molar-refractivity contribution in [1.82, 2.24) is 20.4 Å². The molecule has 1 aliphatic rings. The minimum Gasteiger partial charge on any atom is -0.497 e. The molecule has 1 unspecified atom stereocenters. The van der Waals surface area contributed by atoms with E-state index >= 15 is 0 Å². The van der Waals surface area contributed by atoms with Crippen LogP contribution in [0.5, 0.6) is 5.75 Å². The molecule has 8 nitrogen and oxygen atoms in total. The molecule has 0 bridgehead atoms. The van der Waals surface area contributed by atoms with Crippen LogP contribution >= 0.6 is 0 Å². The van der Waals surface area contributed by atoms with Crippen LogP contribution in [0.25, 0.3) is 17.0 Å². The quantitative estimate of drug-likeness (QED) is 0.572. The van der Waals surface area contributed by atoms with Gasteiger partial charge in [-0.05, 0) is 61.7 Å². The summed E-state index contributed by atoms with van der Waals surface area (Å²) in [4.78, 5) is 19.3. The number of urea groups is 1. The van der Waals surface area contributed by atoms with Gasteiger partial charge in [-0.1, -0.05) is 23.4 Å². The highest BCUT2D eigenvalue weighted by atomic mass is 16.5. The smallest absolute Gasteiger partial charge is 0.322 e. The van der Waals surface area contributed by atoms with Crippen molar-refractivity contribution in [1.29, 1.82) is 0 Å². The van der Waals surface area contributed by atoms with Crippen LogP contribution in [0.3, 0.4) is 0 Å². The lowest BCUT2D eigenvalue weighted by Crippen LogP contribution is -2.47. The molecule has 0 fully saturated rings. The molecule has 1 aliphatic heterocycles. The number of hydrogen-bond acceptors (Lipinski definition) is 6. The number of allylic oxidation sites excluding steroid dienone is 1. The largest absolute Gasteiger partial charge is 0.497 e. The molecule has 2 heterocycles. The molecule has 33 heavy (non-hydrogen) atoms. The van der Waals surface area contributed by atoms with Crippen molar-refractivity contribution in [3.63, 3.8) is 0 Å². The molecule has 1 atom stereocenters. The minimum absolute atomic E-state index is 0.188. The van der Waals surface area contributed by atoms with Crippen LogP contribution in [-0.2, 0) is 4.74 Å². The normalized spacial score (nSPS) is 16.2. The highest BCUT2D eigenvalue weighted by molar-refractivity contribution is 5.87. The Bertz CT molecular complexity index is 1180. The van der Waals surface area contributed by atoms with Gasteiger partial charge in [0.25, 0.3) is 5.89 Å². The molecular weight excluding hydrogens is 420 g/mol. The summed E-state index contributed by atoms with van der Waals surface area (Å²) in [5.41, 5.74) is 5.61. The summed E-state index contributed by atoms with van der Waals surface area (Å²) in [7, 11) is 3.23. The van der Waals surface area contributed by atoms with E-state index in [4.69, 9.17) is 14.0 Å². The molecule has 2 amide bonds. The van der Waals surface area contributed by atoms with Gasteiger partial charge in [0, 0.05) is 18.4 Å². The van der Waals surface area contributed by atoms with Crippen molar-refractivity contribution in [3.8, 4) is 17.1 Å². The fourth-order valence-electron chi connectivity index (χ4n) is 3.89. The highest BCUT2D eigenvalue weighted by Gasteiger charge is 2.35. The van der Waals surface area contributed by atoms with E-state index in [9.17, 15) is 4.79 Å². The number of carbonyl (C=O) groups is 1. The Labute approximate surface area is 193 Å². The van der Waals surface area contributed by atoms with E-state index in [1.54, 1.807) is 19.1 Å². The number of amides is 2. The Morgan fingerprint density at radius 3 is 2.48 bits per heavy atom. The van der Waals surface area contributed by atoms with E-state index in [-0.39, 0.29) is 6.03 Å². The first-order valence-electron chi connectivity index (χ1n) is 10.8. The Balaban J connectivity index is 1.78. The van der Waals surface area contributed by atoms with E-state index in [1.807, 2.05) is 37.3 Å². The molecule has 3 aromatic rings. The molecule has 0 saturated carbocycles. The van der Waals surface area contributed by atoms with Crippen molar-refractivity contribution >= 4 is 11.6 Å². The van der Waals surface area contributed by atoms with Crippen molar-refractivity contribution in [3.05, 3.63) is 70.7 Å². The third-order valence-electron chi connectivity index (χ3n) is 5.98. The number of aryl methyl sites for hydroxylation is 2. The summed E-state index contributed by atoms with van der Waals surface area (Å²) >= 11 is 0. The van der Waals surface area contributed by atoms with Gasteiger partial charge in [0.2, 0.25) is 5.82 Å². The highest BCUT2D eigenvalue weighted by Crippen LogP contribution is 2.37. The molecule has 1 N–H and O–H groups in total. The molecule has 1 aromatic heterocycles. The van der Waals surface area contributed by atoms with Crippen molar-refractivity contribution < 1.29 is 18.8 Å². The topological polar surface area (TPSA) is 89.7 Å². The van der Waals surface area contributed by atoms with Gasteiger partial charge in [-0.25, -0.2) is 4.79 Å². The number of nitrogens with one attached hydrogen (secondary N) is 1. The minimum atomic E-state index is -0.417. The van der Waals surface area contributed by atoms with Crippen LogP contribution < -0.4 is 10.1 Å². The monoisotopic (exact) mass is 448 g/mol. The van der Waals surface area contributed by atoms with Crippen LogP contribution in [-0.4, -0.2) is 48.4 Å². The van der Waals surface area contributed by atoms with E-state index in [2.05, 4.69) is 41.4 Å². The van der Waals surface area contributed by atoms with E-state index in [1.165, 1.54) is 5.56 Å². The maximum Gasteiger partial charge on any atom is 0.322 e. The number of hydrogen-bond donors (Lipinski definition) is 1. The zero-order valence-corrected chi connectivity index (χ0v) is 19.5. The van der Waals surface area contributed by atoms with E-state index in [0.717, 1.165) is 33.7 Å². The van der Waals surface area contributed by atoms with E-state index < -0.39 is 6.04 Å². The first-order valence-corrected chi connectivity index (χ1v) is 10.8.